The highest BCUT2D eigenvalue weighted by molar-refractivity contribution is 5.95. The highest BCUT2D eigenvalue weighted by Crippen LogP contribution is 2.50. The van der Waals surface area contributed by atoms with E-state index < -0.39 is 11.8 Å². The molecule has 0 radical (unpaired) electrons. The predicted octanol–water partition coefficient (Wildman–Crippen LogP) is 2.40. The molecule has 1 aliphatic heterocycles. The zero-order valence-electron chi connectivity index (χ0n) is 10.8. The Morgan fingerprint density at radius 3 is 2.65 bits per heavy atom. The van der Waals surface area contributed by atoms with E-state index in [4.69, 9.17) is 4.74 Å². The monoisotopic (exact) mass is 270 g/mol. The molecular weight excluding hydrogens is 256 g/mol. The lowest BCUT2D eigenvalue weighted by Crippen LogP contribution is -2.58. The molecule has 20 heavy (non-hydrogen) atoms. The summed E-state index contributed by atoms with van der Waals surface area (Å²) in [6, 6.07) is 9.42. The molecule has 0 saturated heterocycles. The Morgan fingerprint density at radius 1 is 1.25 bits per heavy atom. The zero-order valence-corrected chi connectivity index (χ0v) is 10.8. The van der Waals surface area contributed by atoms with Crippen LogP contribution in [0.3, 0.4) is 0 Å². The number of fused-ring (bicyclic) bond motifs is 1. The lowest BCUT2D eigenvalue weighted by molar-refractivity contribution is -0.590. The summed E-state index contributed by atoms with van der Waals surface area (Å²) in [5.41, 5.74) is -0.509. The molecule has 0 spiro atoms. The minimum Gasteiger partial charge on any atom is -0.463 e. The average Bonchev–Trinajstić information content (AvgIpc) is 2.93. The number of hydrogen-bond acceptors (Lipinski definition) is 4. The van der Waals surface area contributed by atoms with E-state index in [1.807, 2.05) is 36.4 Å². The molecule has 1 saturated carbocycles. The quantitative estimate of drug-likeness (QED) is 0.471. The van der Waals surface area contributed by atoms with Gasteiger partial charge in [-0.15, -0.1) is 0 Å². The van der Waals surface area contributed by atoms with Gasteiger partial charge in [0.15, 0.2) is 6.10 Å². The summed E-state index contributed by atoms with van der Waals surface area (Å²) in [6.07, 6.45) is 5.31. The van der Waals surface area contributed by atoms with Crippen molar-refractivity contribution in [2.75, 3.05) is 0 Å². The molecule has 3 aliphatic carbocycles. The maximum absolute atomic E-state index is 11.7. The van der Waals surface area contributed by atoms with E-state index in [1.165, 1.54) is 0 Å². The van der Waals surface area contributed by atoms with Gasteiger partial charge in [0.2, 0.25) is 5.90 Å². The molecule has 1 heterocycles. The smallest absolute Gasteiger partial charge is 0.358 e. The average molecular weight is 270 g/mol. The first kappa shape index (κ1) is 11.6. The minimum atomic E-state index is -1.32. The van der Waals surface area contributed by atoms with Crippen LogP contribution in [-0.4, -0.2) is 22.6 Å². The first-order chi connectivity index (χ1) is 9.72. The maximum Gasteiger partial charge on any atom is 0.358 e. The molecule has 0 amide bonds. The van der Waals surface area contributed by atoms with Gasteiger partial charge < -0.3 is 4.74 Å². The maximum atomic E-state index is 11.7. The van der Waals surface area contributed by atoms with Crippen molar-refractivity contribution in [2.24, 2.45) is 16.8 Å². The molecule has 4 atom stereocenters. The Hall–Kier alpha value is -2.17. The van der Waals surface area contributed by atoms with Crippen molar-refractivity contribution in [3.8, 4) is 0 Å². The van der Waals surface area contributed by atoms with Crippen LogP contribution in [0.2, 0.25) is 0 Å². The second-order valence-electron chi connectivity index (χ2n) is 5.59. The minimum absolute atomic E-state index is 0.0929. The molecule has 4 aliphatic rings. The van der Waals surface area contributed by atoms with Gasteiger partial charge in [0.25, 0.3) is 0 Å². The molecule has 0 N–H and O–H groups in total. The van der Waals surface area contributed by atoms with Crippen molar-refractivity contribution in [2.45, 2.75) is 24.6 Å². The lowest BCUT2D eigenvalue weighted by Gasteiger charge is -2.41. The topological polar surface area (TPSA) is 64.7 Å². The van der Waals surface area contributed by atoms with E-state index in [-0.39, 0.29) is 16.8 Å². The third-order valence-electron chi connectivity index (χ3n) is 4.59. The molecule has 0 aromatic heterocycles. The van der Waals surface area contributed by atoms with Crippen molar-refractivity contribution in [3.63, 3.8) is 0 Å². The van der Waals surface area contributed by atoms with Gasteiger partial charge >= 0.3 is 5.66 Å². The van der Waals surface area contributed by atoms with Crippen molar-refractivity contribution < 1.29 is 9.66 Å². The Kier molecular flexibility index (Phi) is 2.28. The summed E-state index contributed by atoms with van der Waals surface area (Å²) < 4.78 is 5.91. The van der Waals surface area contributed by atoms with Crippen molar-refractivity contribution in [1.29, 1.82) is 0 Å². The van der Waals surface area contributed by atoms with Gasteiger partial charge in [-0.1, -0.05) is 30.4 Å². The van der Waals surface area contributed by atoms with E-state index in [9.17, 15) is 10.1 Å². The van der Waals surface area contributed by atoms with Crippen molar-refractivity contribution >= 4 is 5.90 Å². The van der Waals surface area contributed by atoms with E-state index in [1.54, 1.807) is 0 Å². The summed E-state index contributed by atoms with van der Waals surface area (Å²) in [6.45, 7) is 0. The number of nitro groups is 1. The summed E-state index contributed by atoms with van der Waals surface area (Å²) in [5.74, 6) is 0.344. The van der Waals surface area contributed by atoms with Crippen LogP contribution in [0.15, 0.2) is 47.5 Å². The Balaban J connectivity index is 1.83. The molecular formula is C15H14N2O3. The fraction of sp³-hybridized carbons (Fsp3) is 0.400. The van der Waals surface area contributed by atoms with Crippen LogP contribution in [0.4, 0.5) is 0 Å². The van der Waals surface area contributed by atoms with Gasteiger partial charge in [0.05, 0.1) is 10.8 Å². The van der Waals surface area contributed by atoms with Crippen LogP contribution in [0.5, 0.6) is 0 Å². The summed E-state index contributed by atoms with van der Waals surface area (Å²) >= 11 is 0. The Labute approximate surface area is 116 Å². The molecule has 1 fully saturated rings. The third-order valence-corrected chi connectivity index (χ3v) is 4.59. The van der Waals surface area contributed by atoms with Crippen LogP contribution in [-0.2, 0) is 4.74 Å². The SMILES string of the molecule is O=[N+]([O-])[C@@]12N=C(c3ccccc3)O[C@@H]1[C@H]1C=C[C@@H]2CC1. The van der Waals surface area contributed by atoms with Gasteiger partial charge in [-0.25, -0.2) is 0 Å². The molecule has 0 unspecified atom stereocenters. The van der Waals surface area contributed by atoms with E-state index in [0.717, 1.165) is 18.4 Å². The molecule has 102 valence electrons. The molecule has 5 rings (SSSR count). The standard InChI is InChI=1S/C15H14N2O3/c18-17(19)15-12-8-6-10(7-9-12)13(15)20-14(16-15)11-4-2-1-3-5-11/h1-6,8,10,12-13H,7,9H2/t10-,12+,13+,15+/m0/s1. The van der Waals surface area contributed by atoms with Crippen LogP contribution >= 0.6 is 0 Å². The zero-order chi connectivity index (χ0) is 13.7. The van der Waals surface area contributed by atoms with Gasteiger partial charge in [0.1, 0.15) is 0 Å². The fourth-order valence-electron chi connectivity index (χ4n) is 3.60. The number of nitrogens with zero attached hydrogens (tertiary/aromatic N) is 2. The highest BCUT2D eigenvalue weighted by Gasteiger charge is 2.67. The number of ether oxygens (including phenoxy) is 1. The number of hydrogen-bond donors (Lipinski definition) is 0. The third kappa shape index (κ3) is 1.35. The van der Waals surface area contributed by atoms with Crippen molar-refractivity contribution in [3.05, 3.63) is 58.2 Å². The molecule has 2 bridgehead atoms. The largest absolute Gasteiger partial charge is 0.463 e. The molecule has 1 aromatic rings. The van der Waals surface area contributed by atoms with Crippen LogP contribution in [0.1, 0.15) is 18.4 Å². The highest BCUT2D eigenvalue weighted by atomic mass is 16.6. The Morgan fingerprint density at radius 2 is 2.05 bits per heavy atom. The van der Waals surface area contributed by atoms with E-state index in [0.29, 0.717) is 5.90 Å². The first-order valence-corrected chi connectivity index (χ1v) is 6.86. The van der Waals surface area contributed by atoms with Crippen LogP contribution in [0.25, 0.3) is 0 Å². The van der Waals surface area contributed by atoms with Crippen molar-refractivity contribution in [1.82, 2.24) is 0 Å². The van der Waals surface area contributed by atoms with Gasteiger partial charge in [-0.05, 0) is 25.0 Å². The Bertz CT molecular complexity index is 625. The van der Waals surface area contributed by atoms with Gasteiger partial charge in [-0.2, -0.15) is 4.99 Å². The number of benzene rings is 1. The normalized spacial score (nSPS) is 37.2. The van der Waals surface area contributed by atoms with Crippen LogP contribution < -0.4 is 0 Å². The predicted molar refractivity (Wildman–Crippen MR) is 72.9 cm³/mol. The molecule has 5 nitrogen and oxygen atoms in total. The summed E-state index contributed by atoms with van der Waals surface area (Å²) in [7, 11) is 0. The fourth-order valence-corrected chi connectivity index (χ4v) is 3.60. The first-order valence-electron chi connectivity index (χ1n) is 6.86. The summed E-state index contributed by atoms with van der Waals surface area (Å²) in [5, 5.41) is 11.7. The van der Waals surface area contributed by atoms with Crippen LogP contribution in [0, 0.1) is 22.0 Å². The molecule has 5 heteroatoms. The van der Waals surface area contributed by atoms with Gasteiger partial charge in [0, 0.05) is 11.5 Å². The second kappa shape index (κ2) is 3.91. The lowest BCUT2D eigenvalue weighted by atomic mass is 9.67. The van der Waals surface area contributed by atoms with E-state index >= 15 is 0 Å². The van der Waals surface area contributed by atoms with Gasteiger partial charge in [-0.3, -0.25) is 10.1 Å². The second-order valence-corrected chi connectivity index (χ2v) is 5.59. The number of rotatable bonds is 2. The summed E-state index contributed by atoms with van der Waals surface area (Å²) in [4.78, 5) is 15.9. The molecule has 1 aromatic carbocycles. The van der Waals surface area contributed by atoms with E-state index in [2.05, 4.69) is 11.1 Å². The number of aliphatic imine (C=N–C) groups is 1.